The molecule has 0 aliphatic carbocycles. The van der Waals surface area contributed by atoms with E-state index in [0.717, 1.165) is 0 Å². The van der Waals surface area contributed by atoms with Crippen molar-refractivity contribution in [3.05, 3.63) is 0 Å². The van der Waals surface area contributed by atoms with Crippen LogP contribution in [-0.4, -0.2) is 8.11 Å². The van der Waals surface area contributed by atoms with Crippen LogP contribution in [0.15, 0.2) is 0 Å². The number of hydrogen-bond donors (Lipinski definition) is 0. The monoisotopic (exact) mass is 193 g/mol. The van der Waals surface area contributed by atoms with Crippen LogP contribution in [0.5, 0.6) is 0 Å². The van der Waals surface area contributed by atoms with E-state index >= 15 is 0 Å². The summed E-state index contributed by atoms with van der Waals surface area (Å²) in [6, 6.07) is 0. The van der Waals surface area contributed by atoms with Gasteiger partial charge in [0.25, 0.3) is 0 Å². The molecule has 0 unspecified atom stereocenters. The molecule has 0 aromatic heterocycles. The van der Waals surface area contributed by atoms with Crippen LogP contribution in [0.25, 0.3) is 0 Å². The van der Waals surface area contributed by atoms with E-state index in [0.29, 0.717) is 0 Å². The molecule has 0 rings (SSSR count). The van der Waals surface area contributed by atoms with Gasteiger partial charge in [-0.05, 0) is 0 Å². The van der Waals surface area contributed by atoms with Gasteiger partial charge in [-0.2, -0.15) is 0 Å². The van der Waals surface area contributed by atoms with Crippen molar-refractivity contribution in [3.63, 3.8) is 0 Å². The van der Waals surface area contributed by atoms with Gasteiger partial charge in [0.2, 0.25) is 0 Å². The fraction of sp³-hybridized carbons (Fsp3) is 0. The standard InChI is InChI=1S/6FH.H3Si.Ti/h6*1H;1H3;/q;;;;;;;+6/p-6. The van der Waals surface area contributed by atoms with E-state index in [9.17, 15) is 18.6 Å². The van der Waals surface area contributed by atoms with Crippen molar-refractivity contribution >= 4 is 8.11 Å². The molecule has 8 heavy (non-hydrogen) atoms. The second-order valence-corrected chi connectivity index (χ2v) is 18.4. The fourth-order valence-corrected chi connectivity index (χ4v) is 0. The van der Waals surface area contributed by atoms with Crippen molar-refractivity contribution in [1.29, 1.82) is 0 Å². The molecule has 0 aliphatic heterocycles. The first-order chi connectivity index (χ1) is 2.65. The van der Waals surface area contributed by atoms with Crippen LogP contribution < -0.4 is 0 Å². The Morgan fingerprint density at radius 2 is 0.750 bits per heavy atom. The van der Waals surface area contributed by atoms with E-state index < -0.39 is 23.3 Å². The predicted octanol–water partition coefficient (Wildman–Crippen LogP) is 1.33. The van der Waals surface area contributed by atoms with Crippen LogP contribution in [-0.2, 0) is 15.2 Å². The summed E-state index contributed by atoms with van der Waals surface area (Å²) in [5.41, 5.74) is 0. The summed E-state index contributed by atoms with van der Waals surface area (Å²) in [6.07, 6.45) is 0. The first-order valence-corrected chi connectivity index (χ1v) is 10.9. The van der Waals surface area contributed by atoms with Gasteiger partial charge < -0.3 is 0 Å². The van der Waals surface area contributed by atoms with E-state index in [1.807, 2.05) is 0 Å². The predicted molar refractivity (Wildman–Crippen MR) is 16.6 cm³/mol. The molecule has 0 aliphatic rings. The molecular weight excluding hydrogens is 190 g/mol. The van der Waals surface area contributed by atoms with E-state index in [4.69, 9.17) is 0 Å². The first-order valence-electron chi connectivity index (χ1n) is 1.63. The molecule has 0 nitrogen and oxygen atoms in total. The van der Waals surface area contributed by atoms with Gasteiger partial charge >= 0.3 is 41.9 Å². The van der Waals surface area contributed by atoms with Crippen LogP contribution in [0.1, 0.15) is 0 Å². The Balaban J connectivity index is 5.14. The Morgan fingerprint density at radius 3 is 0.750 bits per heavy atom. The topological polar surface area (TPSA) is 0 Å². The molecule has 8 heteroatoms. The van der Waals surface area contributed by atoms with Gasteiger partial charge in [0, 0.05) is 0 Å². The Labute approximate surface area is 42.5 Å². The quantitative estimate of drug-likeness (QED) is 0.402. The third kappa shape index (κ3) is 757. The Hall–Kier alpha value is 0.511. The molecule has 0 heterocycles. The number of halogens is 6. The molecule has 0 amide bonds. The van der Waals surface area contributed by atoms with Crippen molar-refractivity contribution in [2.24, 2.45) is 0 Å². The molecule has 0 aromatic rings. The van der Waals surface area contributed by atoms with Gasteiger partial charge in [-0.15, -0.1) is 0 Å². The average molecular weight is 193 g/mol. The van der Waals surface area contributed by atoms with Crippen molar-refractivity contribution in [1.82, 2.24) is 0 Å². The molecule has 0 saturated heterocycles. The molecule has 53 valence electrons. The molecule has 0 radical (unpaired) electrons. The van der Waals surface area contributed by atoms with Crippen molar-refractivity contribution in [2.45, 2.75) is 0 Å². The SMILES string of the molecule is [F][Ti]([F])([F])([F])([F])([F])[SiH3]. The van der Waals surface area contributed by atoms with Crippen LogP contribution in [0.3, 0.4) is 0 Å². The van der Waals surface area contributed by atoms with Crippen LogP contribution in [0.4, 0.5) is 18.6 Å². The minimum atomic E-state index is -11.6. The van der Waals surface area contributed by atoms with Gasteiger partial charge in [-0.1, -0.05) is 0 Å². The summed E-state index contributed by atoms with van der Waals surface area (Å²) in [6.45, 7) is 0. The molecular formula is H3F6SiTi. The van der Waals surface area contributed by atoms with Gasteiger partial charge in [0.05, 0.1) is 0 Å². The van der Waals surface area contributed by atoms with Crippen molar-refractivity contribution < 1.29 is 33.8 Å². The molecule has 0 fully saturated rings. The van der Waals surface area contributed by atoms with Gasteiger partial charge in [-0.25, -0.2) is 0 Å². The second kappa shape index (κ2) is 0.688. The Kier molecular flexibility index (Phi) is 0.732. The molecule has 0 saturated carbocycles. The third-order valence-electron chi connectivity index (χ3n) is 0. The average Bonchev–Trinajstić information content (AvgIpc) is 0.544. The maximum absolute atomic E-state index is 11.6. The Bertz CT molecular complexity index is 101. The summed E-state index contributed by atoms with van der Waals surface area (Å²) in [7, 11) is -2.64. The van der Waals surface area contributed by atoms with Crippen molar-refractivity contribution in [3.8, 4) is 0 Å². The van der Waals surface area contributed by atoms with E-state index in [-0.39, 0.29) is 0 Å². The summed E-state index contributed by atoms with van der Waals surface area (Å²) >= 11 is -11.6. The normalized spacial score (nSPS) is 27.5. The zero-order chi connectivity index (χ0) is 7.38. The van der Waals surface area contributed by atoms with Crippen LogP contribution in [0.2, 0.25) is 0 Å². The first kappa shape index (κ1) is 8.51. The zero-order valence-corrected chi connectivity index (χ0v) is 7.33. The fourth-order valence-electron chi connectivity index (χ4n) is 0. The number of rotatable bonds is 0. The van der Waals surface area contributed by atoms with Crippen LogP contribution in [0, 0.1) is 0 Å². The summed E-state index contributed by atoms with van der Waals surface area (Å²) in [5, 5.41) is 0. The van der Waals surface area contributed by atoms with Gasteiger partial charge in [0.15, 0.2) is 0 Å². The zero-order valence-electron chi connectivity index (χ0n) is 3.77. The third-order valence-corrected chi connectivity index (χ3v) is 0. The second-order valence-electron chi connectivity index (χ2n) is 2.21. The molecule has 0 N–H and O–H groups in total. The number of hydrogen-bond acceptors (Lipinski definition) is 0. The van der Waals surface area contributed by atoms with Crippen molar-refractivity contribution in [2.75, 3.05) is 0 Å². The van der Waals surface area contributed by atoms with Crippen LogP contribution >= 0.6 is 0 Å². The van der Waals surface area contributed by atoms with Gasteiger partial charge in [-0.3, -0.25) is 0 Å². The Morgan fingerprint density at radius 1 is 0.750 bits per heavy atom. The minimum absolute atomic E-state index is 2.64. The summed E-state index contributed by atoms with van der Waals surface area (Å²) in [4.78, 5) is 0. The molecule has 0 aromatic carbocycles. The molecule has 0 spiro atoms. The van der Waals surface area contributed by atoms with Gasteiger partial charge in [0.1, 0.15) is 0 Å². The molecule has 0 bridgehead atoms. The van der Waals surface area contributed by atoms with E-state index in [2.05, 4.69) is 0 Å². The van der Waals surface area contributed by atoms with E-state index in [1.165, 1.54) is 0 Å². The summed E-state index contributed by atoms with van der Waals surface area (Å²) < 4.78 is 63.9. The summed E-state index contributed by atoms with van der Waals surface area (Å²) in [5.74, 6) is 0. The maximum atomic E-state index is 10.7. The van der Waals surface area contributed by atoms with E-state index in [1.54, 1.807) is 0 Å². The molecule has 0 atom stereocenters.